The molecule has 0 bridgehead atoms. The van der Waals surface area contributed by atoms with E-state index in [1.807, 2.05) is 20.8 Å². The van der Waals surface area contributed by atoms with E-state index in [1.54, 1.807) is 12.1 Å². The van der Waals surface area contributed by atoms with Crippen molar-refractivity contribution in [2.75, 3.05) is 18.1 Å². The van der Waals surface area contributed by atoms with Gasteiger partial charge in [-0.15, -0.1) is 0 Å². The third kappa shape index (κ3) is 3.10. The highest BCUT2D eigenvalue weighted by Gasteiger charge is 2.25. The van der Waals surface area contributed by atoms with Crippen LogP contribution in [0.3, 0.4) is 0 Å². The monoisotopic (exact) mass is 278 g/mol. The average Bonchev–Trinajstić information content (AvgIpc) is 2.40. The maximum atomic E-state index is 11.3. The minimum atomic E-state index is -0.912. The predicted octanol–water partition coefficient (Wildman–Crippen LogP) is 2.52. The number of ether oxygens (including phenoxy) is 1. The Hall–Kier alpha value is -1.62. The second-order valence-corrected chi connectivity index (χ2v) is 5.74. The zero-order chi connectivity index (χ0) is 14.9. The van der Waals surface area contributed by atoms with E-state index in [-0.39, 0.29) is 18.1 Å². The summed E-state index contributed by atoms with van der Waals surface area (Å²) in [7, 11) is 0. The van der Waals surface area contributed by atoms with Crippen molar-refractivity contribution >= 4 is 11.8 Å². The Morgan fingerprint density at radius 1 is 1.45 bits per heavy atom. The molecule has 5 heteroatoms. The SMILES string of the molecule is CC1CN(c2cc(C(=O)O)cc(C(C)C)n2)C(C)CO1. The van der Waals surface area contributed by atoms with E-state index in [2.05, 4.69) is 16.8 Å². The molecule has 2 heterocycles. The molecule has 2 unspecified atom stereocenters. The first-order valence-corrected chi connectivity index (χ1v) is 7.02. The Labute approximate surface area is 119 Å². The topological polar surface area (TPSA) is 62.7 Å². The number of hydrogen-bond donors (Lipinski definition) is 1. The van der Waals surface area contributed by atoms with Crippen molar-refractivity contribution < 1.29 is 14.6 Å². The normalized spacial score (nSPS) is 23.1. The zero-order valence-electron chi connectivity index (χ0n) is 12.5. The minimum Gasteiger partial charge on any atom is -0.478 e. The number of anilines is 1. The van der Waals surface area contributed by atoms with E-state index in [0.717, 1.165) is 18.1 Å². The second kappa shape index (κ2) is 5.79. The smallest absolute Gasteiger partial charge is 0.335 e. The summed E-state index contributed by atoms with van der Waals surface area (Å²) in [5, 5.41) is 9.26. The van der Waals surface area contributed by atoms with Gasteiger partial charge in [0.25, 0.3) is 0 Å². The van der Waals surface area contributed by atoms with E-state index in [1.165, 1.54) is 0 Å². The maximum Gasteiger partial charge on any atom is 0.335 e. The van der Waals surface area contributed by atoms with Crippen molar-refractivity contribution in [1.29, 1.82) is 0 Å². The number of hydrogen-bond acceptors (Lipinski definition) is 4. The molecular formula is C15H22N2O3. The Morgan fingerprint density at radius 3 is 2.75 bits per heavy atom. The predicted molar refractivity (Wildman–Crippen MR) is 77.5 cm³/mol. The molecular weight excluding hydrogens is 256 g/mol. The van der Waals surface area contributed by atoms with Crippen LogP contribution in [0.4, 0.5) is 5.82 Å². The fourth-order valence-electron chi connectivity index (χ4n) is 2.33. The molecule has 1 aliphatic rings. The van der Waals surface area contributed by atoms with Gasteiger partial charge < -0.3 is 14.7 Å². The fourth-order valence-corrected chi connectivity index (χ4v) is 2.33. The highest BCUT2D eigenvalue weighted by atomic mass is 16.5. The lowest BCUT2D eigenvalue weighted by Crippen LogP contribution is -2.48. The zero-order valence-corrected chi connectivity index (χ0v) is 12.5. The van der Waals surface area contributed by atoms with Crippen molar-refractivity contribution in [3.63, 3.8) is 0 Å². The van der Waals surface area contributed by atoms with E-state index >= 15 is 0 Å². The summed E-state index contributed by atoms with van der Waals surface area (Å²) < 4.78 is 5.61. The van der Waals surface area contributed by atoms with E-state index in [4.69, 9.17) is 4.74 Å². The van der Waals surface area contributed by atoms with Crippen molar-refractivity contribution in [2.24, 2.45) is 0 Å². The number of carboxylic acids is 1. The van der Waals surface area contributed by atoms with Gasteiger partial charge in [0.1, 0.15) is 5.82 Å². The summed E-state index contributed by atoms with van der Waals surface area (Å²) in [6.45, 7) is 9.48. The van der Waals surface area contributed by atoms with E-state index < -0.39 is 5.97 Å². The van der Waals surface area contributed by atoms with Crippen LogP contribution in [0, 0.1) is 0 Å². The van der Waals surface area contributed by atoms with Gasteiger partial charge in [0.15, 0.2) is 0 Å². The molecule has 20 heavy (non-hydrogen) atoms. The van der Waals surface area contributed by atoms with Crippen molar-refractivity contribution in [3.05, 3.63) is 23.4 Å². The Bertz CT molecular complexity index is 502. The van der Waals surface area contributed by atoms with Crippen LogP contribution in [0.2, 0.25) is 0 Å². The first-order chi connectivity index (χ1) is 9.38. The third-order valence-electron chi connectivity index (χ3n) is 3.57. The Kier molecular flexibility index (Phi) is 4.28. The van der Waals surface area contributed by atoms with Crippen molar-refractivity contribution in [2.45, 2.75) is 45.8 Å². The summed E-state index contributed by atoms with van der Waals surface area (Å²) in [5.74, 6) is 0.0163. The molecule has 1 saturated heterocycles. The van der Waals surface area contributed by atoms with E-state index in [9.17, 15) is 9.90 Å². The number of morpholine rings is 1. The third-order valence-corrected chi connectivity index (χ3v) is 3.57. The van der Waals surface area contributed by atoms with Crippen LogP contribution in [0.5, 0.6) is 0 Å². The Morgan fingerprint density at radius 2 is 2.15 bits per heavy atom. The van der Waals surface area contributed by atoms with Gasteiger partial charge in [-0.3, -0.25) is 0 Å². The van der Waals surface area contributed by atoms with Gasteiger partial charge in [0.05, 0.1) is 24.3 Å². The average molecular weight is 278 g/mol. The van der Waals surface area contributed by atoms with Crippen molar-refractivity contribution in [1.82, 2.24) is 4.98 Å². The standard InChI is InChI=1S/C15H22N2O3/c1-9(2)13-5-12(15(18)19)6-14(16-13)17-7-11(4)20-8-10(17)3/h5-6,9-11H,7-8H2,1-4H3,(H,18,19). The fraction of sp³-hybridized carbons (Fsp3) is 0.600. The number of nitrogens with zero attached hydrogens (tertiary/aromatic N) is 2. The van der Waals surface area contributed by atoms with Crippen molar-refractivity contribution in [3.8, 4) is 0 Å². The first-order valence-electron chi connectivity index (χ1n) is 7.02. The quantitative estimate of drug-likeness (QED) is 0.920. The lowest BCUT2D eigenvalue weighted by Gasteiger charge is -2.38. The summed E-state index contributed by atoms with van der Waals surface area (Å²) in [5.41, 5.74) is 1.11. The number of carbonyl (C=O) groups is 1. The number of aromatic nitrogens is 1. The number of carboxylic acid groups (broad SMARTS) is 1. The molecule has 1 aromatic heterocycles. The highest BCUT2D eigenvalue weighted by Crippen LogP contribution is 2.24. The molecule has 1 N–H and O–H groups in total. The molecule has 0 spiro atoms. The molecule has 2 rings (SSSR count). The van der Waals surface area contributed by atoms with Crippen LogP contribution in [-0.4, -0.2) is 41.4 Å². The second-order valence-electron chi connectivity index (χ2n) is 5.74. The maximum absolute atomic E-state index is 11.3. The molecule has 0 aliphatic carbocycles. The van der Waals surface area contributed by atoms with Crippen LogP contribution in [0.1, 0.15) is 49.7 Å². The van der Waals surface area contributed by atoms with Gasteiger partial charge in [-0.2, -0.15) is 0 Å². The van der Waals surface area contributed by atoms with Gasteiger partial charge in [-0.25, -0.2) is 9.78 Å². The summed E-state index contributed by atoms with van der Waals surface area (Å²) >= 11 is 0. The largest absolute Gasteiger partial charge is 0.478 e. The number of aromatic carboxylic acids is 1. The highest BCUT2D eigenvalue weighted by molar-refractivity contribution is 5.88. The lowest BCUT2D eigenvalue weighted by molar-refractivity contribution is 0.0340. The van der Waals surface area contributed by atoms with E-state index in [0.29, 0.717) is 12.2 Å². The molecule has 110 valence electrons. The molecule has 0 amide bonds. The van der Waals surface area contributed by atoms with Crippen LogP contribution < -0.4 is 4.90 Å². The van der Waals surface area contributed by atoms with Gasteiger partial charge in [0.2, 0.25) is 0 Å². The number of rotatable bonds is 3. The molecule has 2 atom stereocenters. The molecule has 5 nitrogen and oxygen atoms in total. The summed E-state index contributed by atoms with van der Waals surface area (Å²) in [6.07, 6.45) is 0.129. The van der Waals surface area contributed by atoms with Crippen LogP contribution >= 0.6 is 0 Å². The molecule has 0 aromatic carbocycles. The van der Waals surface area contributed by atoms with Crippen LogP contribution in [0.25, 0.3) is 0 Å². The summed E-state index contributed by atoms with van der Waals surface area (Å²) in [4.78, 5) is 18.0. The van der Waals surface area contributed by atoms with Crippen LogP contribution in [-0.2, 0) is 4.74 Å². The van der Waals surface area contributed by atoms with Gasteiger partial charge in [-0.05, 0) is 31.9 Å². The molecule has 1 aromatic rings. The van der Waals surface area contributed by atoms with Crippen LogP contribution in [0.15, 0.2) is 12.1 Å². The summed E-state index contributed by atoms with van der Waals surface area (Å²) in [6, 6.07) is 3.51. The molecule has 1 fully saturated rings. The molecule has 1 aliphatic heterocycles. The van der Waals surface area contributed by atoms with Gasteiger partial charge in [0, 0.05) is 12.2 Å². The molecule has 0 saturated carbocycles. The van der Waals surface area contributed by atoms with Gasteiger partial charge >= 0.3 is 5.97 Å². The number of pyridine rings is 1. The van der Waals surface area contributed by atoms with Gasteiger partial charge in [-0.1, -0.05) is 13.8 Å². The minimum absolute atomic E-state index is 0.129. The Balaban J connectivity index is 2.41. The lowest BCUT2D eigenvalue weighted by atomic mass is 10.1. The molecule has 0 radical (unpaired) electrons. The first kappa shape index (κ1) is 14.8.